The fourth-order valence-electron chi connectivity index (χ4n) is 3.14. The lowest BCUT2D eigenvalue weighted by Crippen LogP contribution is -2.51. The molecule has 0 N–H and O–H groups in total. The maximum Gasteiger partial charge on any atom is 0.228 e. The van der Waals surface area contributed by atoms with E-state index in [2.05, 4.69) is 9.97 Å². The van der Waals surface area contributed by atoms with Crippen LogP contribution in [0.2, 0.25) is 0 Å². The second kappa shape index (κ2) is 8.62. The average Bonchev–Trinajstić information content (AvgIpc) is 3.40. The summed E-state index contributed by atoms with van der Waals surface area (Å²) in [5.41, 5.74) is 1.59. The molecule has 8 heteroatoms. The van der Waals surface area contributed by atoms with Crippen molar-refractivity contribution in [3.63, 3.8) is 0 Å². The average molecular weight is 413 g/mol. The van der Waals surface area contributed by atoms with Gasteiger partial charge in [0.2, 0.25) is 11.8 Å². The van der Waals surface area contributed by atoms with Crippen molar-refractivity contribution in [1.29, 1.82) is 0 Å². The topological polar surface area (TPSA) is 66.4 Å². The molecular formula is C20H20N4O2S2. The first kappa shape index (κ1) is 18.8. The third-order valence-corrected chi connectivity index (χ3v) is 6.59. The van der Waals surface area contributed by atoms with E-state index in [4.69, 9.17) is 0 Å². The lowest BCUT2D eigenvalue weighted by molar-refractivity contribution is -0.138. The van der Waals surface area contributed by atoms with Crippen molar-refractivity contribution < 1.29 is 9.59 Å². The van der Waals surface area contributed by atoms with Crippen LogP contribution in [0, 0.1) is 0 Å². The molecule has 0 radical (unpaired) electrons. The van der Waals surface area contributed by atoms with E-state index in [0.717, 1.165) is 21.3 Å². The Balaban J connectivity index is 1.27. The fourth-order valence-corrected chi connectivity index (χ4v) is 4.78. The highest BCUT2D eigenvalue weighted by Crippen LogP contribution is 2.28. The van der Waals surface area contributed by atoms with Crippen molar-refractivity contribution in [2.24, 2.45) is 0 Å². The highest BCUT2D eigenvalue weighted by Gasteiger charge is 2.24. The predicted octanol–water partition coefficient (Wildman–Crippen LogP) is 2.72. The SMILES string of the molecule is O=C(Cc1ccccn1)N1CCN(C(=O)Cc2csc(-c3cccs3)n2)CC1. The van der Waals surface area contributed by atoms with Gasteiger partial charge in [-0.2, -0.15) is 0 Å². The van der Waals surface area contributed by atoms with Gasteiger partial charge in [0.05, 0.1) is 23.4 Å². The first-order valence-corrected chi connectivity index (χ1v) is 10.9. The molecule has 4 heterocycles. The van der Waals surface area contributed by atoms with Gasteiger partial charge in [-0.05, 0) is 23.6 Å². The third kappa shape index (κ3) is 4.45. The van der Waals surface area contributed by atoms with Crippen LogP contribution in [-0.2, 0) is 22.4 Å². The van der Waals surface area contributed by atoms with Gasteiger partial charge in [-0.1, -0.05) is 12.1 Å². The van der Waals surface area contributed by atoms with Gasteiger partial charge in [-0.15, -0.1) is 22.7 Å². The second-order valence-corrected chi connectivity index (χ2v) is 8.36. The van der Waals surface area contributed by atoms with E-state index in [9.17, 15) is 9.59 Å². The second-order valence-electron chi connectivity index (χ2n) is 6.56. The number of nitrogens with zero attached hydrogens (tertiary/aromatic N) is 4. The van der Waals surface area contributed by atoms with Gasteiger partial charge >= 0.3 is 0 Å². The van der Waals surface area contributed by atoms with Crippen molar-refractivity contribution >= 4 is 34.5 Å². The quantitative estimate of drug-likeness (QED) is 0.646. The van der Waals surface area contributed by atoms with E-state index >= 15 is 0 Å². The predicted molar refractivity (Wildman–Crippen MR) is 110 cm³/mol. The molecule has 0 unspecified atom stereocenters. The van der Waals surface area contributed by atoms with Crippen LogP contribution in [0.3, 0.4) is 0 Å². The monoisotopic (exact) mass is 412 g/mol. The van der Waals surface area contributed by atoms with Crippen LogP contribution in [0.5, 0.6) is 0 Å². The number of thiophene rings is 1. The molecule has 6 nitrogen and oxygen atoms in total. The highest BCUT2D eigenvalue weighted by molar-refractivity contribution is 7.20. The zero-order valence-electron chi connectivity index (χ0n) is 15.3. The fraction of sp³-hybridized carbons (Fsp3) is 0.300. The lowest BCUT2D eigenvalue weighted by Gasteiger charge is -2.34. The van der Waals surface area contributed by atoms with Crippen LogP contribution in [0.25, 0.3) is 9.88 Å². The normalized spacial score (nSPS) is 14.3. The molecule has 0 aromatic carbocycles. The third-order valence-electron chi connectivity index (χ3n) is 4.66. The summed E-state index contributed by atoms with van der Waals surface area (Å²) < 4.78 is 0. The number of carbonyl (C=O) groups is 2. The van der Waals surface area contributed by atoms with Gasteiger partial charge in [-0.25, -0.2) is 4.98 Å². The minimum absolute atomic E-state index is 0.0610. The van der Waals surface area contributed by atoms with Gasteiger partial charge in [0.1, 0.15) is 5.01 Å². The Kier molecular flexibility index (Phi) is 5.78. The molecule has 0 atom stereocenters. The molecule has 3 aromatic heterocycles. The summed E-state index contributed by atoms with van der Waals surface area (Å²) in [6.07, 6.45) is 2.31. The number of hydrogen-bond donors (Lipinski definition) is 0. The van der Waals surface area contributed by atoms with Crippen LogP contribution in [0.4, 0.5) is 0 Å². The van der Waals surface area contributed by atoms with Crippen molar-refractivity contribution in [2.75, 3.05) is 26.2 Å². The van der Waals surface area contributed by atoms with E-state index < -0.39 is 0 Å². The summed E-state index contributed by atoms with van der Waals surface area (Å²) in [5.74, 6) is 0.130. The van der Waals surface area contributed by atoms with Crippen molar-refractivity contribution in [1.82, 2.24) is 19.8 Å². The van der Waals surface area contributed by atoms with Crippen LogP contribution < -0.4 is 0 Å². The summed E-state index contributed by atoms with van der Waals surface area (Å²) >= 11 is 3.22. The molecule has 1 aliphatic rings. The molecule has 2 amide bonds. The van der Waals surface area contributed by atoms with Crippen molar-refractivity contribution in [2.45, 2.75) is 12.8 Å². The summed E-state index contributed by atoms with van der Waals surface area (Å²) in [4.78, 5) is 38.6. The van der Waals surface area contributed by atoms with Crippen LogP contribution in [-0.4, -0.2) is 57.8 Å². The zero-order valence-corrected chi connectivity index (χ0v) is 16.9. The molecule has 0 spiro atoms. The van der Waals surface area contributed by atoms with Crippen LogP contribution in [0.15, 0.2) is 47.3 Å². The standard InChI is InChI=1S/C20H20N4O2S2/c25-18(12-15-4-1-2-6-21-15)23-7-9-24(10-8-23)19(26)13-16-14-28-20(22-16)17-5-3-11-27-17/h1-6,11,14H,7-10,12-13H2. The smallest absolute Gasteiger partial charge is 0.228 e. The minimum atomic E-state index is 0.0610. The molecule has 0 saturated carbocycles. The molecule has 4 rings (SSSR count). The summed E-state index contributed by atoms with van der Waals surface area (Å²) in [5, 5.41) is 4.94. The maximum absolute atomic E-state index is 12.6. The Morgan fingerprint density at radius 2 is 1.61 bits per heavy atom. The van der Waals surface area contributed by atoms with Gasteiger partial charge < -0.3 is 9.80 Å². The largest absolute Gasteiger partial charge is 0.339 e. The van der Waals surface area contributed by atoms with E-state index in [1.54, 1.807) is 28.9 Å². The number of rotatable bonds is 5. The lowest BCUT2D eigenvalue weighted by atomic mass is 10.2. The summed E-state index contributed by atoms with van der Waals surface area (Å²) in [6, 6.07) is 9.62. The first-order chi connectivity index (χ1) is 13.7. The van der Waals surface area contributed by atoms with E-state index in [-0.39, 0.29) is 11.8 Å². The summed E-state index contributed by atoms with van der Waals surface area (Å²) in [6.45, 7) is 2.26. The first-order valence-electron chi connectivity index (χ1n) is 9.13. The molecule has 3 aromatic rings. The van der Waals surface area contributed by atoms with E-state index in [0.29, 0.717) is 39.0 Å². The zero-order chi connectivity index (χ0) is 19.3. The molecule has 1 saturated heterocycles. The highest BCUT2D eigenvalue weighted by atomic mass is 32.1. The molecular weight excluding hydrogens is 392 g/mol. The molecule has 0 bridgehead atoms. The van der Waals surface area contributed by atoms with Gasteiger partial charge in [-0.3, -0.25) is 14.6 Å². The molecule has 28 heavy (non-hydrogen) atoms. The molecule has 144 valence electrons. The number of amides is 2. The summed E-state index contributed by atoms with van der Waals surface area (Å²) in [7, 11) is 0. The number of hydrogen-bond acceptors (Lipinski definition) is 6. The van der Waals surface area contributed by atoms with Gasteiger partial charge in [0.15, 0.2) is 0 Å². The molecule has 1 fully saturated rings. The molecule has 1 aliphatic heterocycles. The Labute approximate surface area is 171 Å². The Morgan fingerprint density at radius 3 is 2.21 bits per heavy atom. The van der Waals surface area contributed by atoms with Gasteiger partial charge in [0.25, 0.3) is 0 Å². The number of thiazole rings is 1. The number of pyridine rings is 1. The van der Waals surface area contributed by atoms with E-state index in [1.807, 2.05) is 50.9 Å². The number of carbonyl (C=O) groups excluding carboxylic acids is 2. The number of aromatic nitrogens is 2. The Hall–Kier alpha value is -2.58. The molecule has 0 aliphatic carbocycles. The van der Waals surface area contributed by atoms with Crippen LogP contribution in [0.1, 0.15) is 11.4 Å². The van der Waals surface area contributed by atoms with Crippen molar-refractivity contribution in [3.05, 3.63) is 58.7 Å². The van der Waals surface area contributed by atoms with E-state index in [1.165, 1.54) is 0 Å². The Bertz CT molecular complexity index is 932. The van der Waals surface area contributed by atoms with Crippen molar-refractivity contribution in [3.8, 4) is 9.88 Å². The minimum Gasteiger partial charge on any atom is -0.339 e. The maximum atomic E-state index is 12.6. The van der Waals surface area contributed by atoms with Crippen LogP contribution >= 0.6 is 22.7 Å². The number of piperazine rings is 1. The van der Waals surface area contributed by atoms with Gasteiger partial charge in [0, 0.05) is 43.4 Å². The Morgan fingerprint density at radius 1 is 0.893 bits per heavy atom.